The quantitative estimate of drug-likeness (QED) is 0.584. The van der Waals surface area contributed by atoms with Crippen molar-refractivity contribution < 1.29 is 17.9 Å². The summed E-state index contributed by atoms with van der Waals surface area (Å²) in [6.07, 6.45) is 1.69. The van der Waals surface area contributed by atoms with Crippen LogP contribution in [-0.2, 0) is 16.6 Å². The van der Waals surface area contributed by atoms with Crippen LogP contribution in [0.5, 0.6) is 11.5 Å². The van der Waals surface area contributed by atoms with E-state index in [9.17, 15) is 8.42 Å². The number of hydrogen-bond donors (Lipinski definition) is 1. The van der Waals surface area contributed by atoms with E-state index in [0.29, 0.717) is 15.9 Å². The maximum atomic E-state index is 12.8. The van der Waals surface area contributed by atoms with Gasteiger partial charge in [-0.2, -0.15) is 0 Å². The summed E-state index contributed by atoms with van der Waals surface area (Å²) in [4.78, 5) is 4.23. The van der Waals surface area contributed by atoms with Crippen LogP contribution in [-0.4, -0.2) is 20.5 Å². The van der Waals surface area contributed by atoms with Gasteiger partial charge in [-0.25, -0.2) is 8.42 Å². The molecular formula is C19H17BrN2O4S. The average Bonchev–Trinajstić information content (AvgIpc) is 2.67. The highest BCUT2D eigenvalue weighted by Gasteiger charge is 2.20. The maximum absolute atomic E-state index is 12.8. The van der Waals surface area contributed by atoms with E-state index in [2.05, 4.69) is 25.6 Å². The Bertz CT molecular complexity index is 1030. The van der Waals surface area contributed by atoms with Crippen LogP contribution in [0, 0.1) is 0 Å². The number of hydrogen-bond acceptors (Lipinski definition) is 5. The zero-order chi connectivity index (χ0) is 19.3. The number of methoxy groups -OCH3 is 1. The topological polar surface area (TPSA) is 77.5 Å². The molecule has 2 aromatic carbocycles. The molecule has 0 aliphatic carbocycles. The van der Waals surface area contributed by atoms with Gasteiger partial charge in [0.25, 0.3) is 10.0 Å². The third kappa shape index (κ3) is 4.99. The maximum Gasteiger partial charge on any atom is 0.265 e. The number of anilines is 1. The summed E-state index contributed by atoms with van der Waals surface area (Å²) in [7, 11) is -2.41. The van der Waals surface area contributed by atoms with Crippen molar-refractivity contribution in [3.05, 3.63) is 77.0 Å². The van der Waals surface area contributed by atoms with Crippen molar-refractivity contribution in [3.63, 3.8) is 0 Å². The van der Waals surface area contributed by atoms with E-state index in [4.69, 9.17) is 9.47 Å². The summed E-state index contributed by atoms with van der Waals surface area (Å²) in [6.45, 7) is 0.288. The number of pyridine rings is 1. The fraction of sp³-hybridized carbons (Fsp3) is 0.105. The molecule has 0 saturated carbocycles. The van der Waals surface area contributed by atoms with Gasteiger partial charge in [-0.05, 0) is 42.5 Å². The molecule has 0 unspecified atom stereocenters. The van der Waals surface area contributed by atoms with E-state index in [-0.39, 0.29) is 17.3 Å². The smallest absolute Gasteiger partial charge is 0.265 e. The highest BCUT2D eigenvalue weighted by Crippen LogP contribution is 2.29. The van der Waals surface area contributed by atoms with Gasteiger partial charge in [0.15, 0.2) is 0 Å². The van der Waals surface area contributed by atoms with Crippen molar-refractivity contribution in [1.29, 1.82) is 0 Å². The Morgan fingerprint density at radius 1 is 1.07 bits per heavy atom. The first-order chi connectivity index (χ1) is 13.0. The lowest BCUT2D eigenvalue weighted by atomic mass is 10.3. The number of halogens is 1. The molecule has 1 heterocycles. The second-order valence-electron chi connectivity index (χ2n) is 5.54. The summed E-state index contributed by atoms with van der Waals surface area (Å²) < 4.78 is 39.6. The van der Waals surface area contributed by atoms with E-state index in [1.165, 1.54) is 13.2 Å². The molecular weight excluding hydrogens is 432 g/mol. The molecule has 0 amide bonds. The molecule has 0 spiro atoms. The molecule has 8 heteroatoms. The Balaban J connectivity index is 1.78. The van der Waals surface area contributed by atoms with Gasteiger partial charge in [0.1, 0.15) is 23.0 Å². The molecule has 6 nitrogen and oxygen atoms in total. The Morgan fingerprint density at radius 3 is 2.67 bits per heavy atom. The van der Waals surface area contributed by atoms with Crippen LogP contribution in [0.15, 0.2) is 76.2 Å². The van der Waals surface area contributed by atoms with Crippen molar-refractivity contribution in [2.24, 2.45) is 0 Å². The van der Waals surface area contributed by atoms with Crippen molar-refractivity contribution in [2.75, 3.05) is 11.8 Å². The first-order valence-electron chi connectivity index (χ1n) is 7.97. The molecule has 3 rings (SSSR count). The van der Waals surface area contributed by atoms with Crippen LogP contribution in [0.25, 0.3) is 0 Å². The lowest BCUT2D eigenvalue weighted by Gasteiger charge is -2.13. The fourth-order valence-electron chi connectivity index (χ4n) is 2.36. The molecule has 3 aromatic rings. The van der Waals surface area contributed by atoms with Crippen molar-refractivity contribution in [3.8, 4) is 11.5 Å². The number of rotatable bonds is 7. The van der Waals surface area contributed by atoms with E-state index in [1.807, 2.05) is 18.2 Å². The fourth-order valence-corrected chi connectivity index (χ4v) is 4.12. The van der Waals surface area contributed by atoms with Crippen LogP contribution < -0.4 is 14.2 Å². The van der Waals surface area contributed by atoms with E-state index >= 15 is 0 Å². The third-order valence-electron chi connectivity index (χ3n) is 3.61. The summed E-state index contributed by atoms with van der Waals surface area (Å²) in [6, 6.07) is 17.1. The molecule has 1 N–H and O–H groups in total. The zero-order valence-electron chi connectivity index (χ0n) is 14.4. The molecule has 0 aliphatic heterocycles. The summed E-state index contributed by atoms with van der Waals surface area (Å²) in [5.41, 5.74) is 1.16. The van der Waals surface area contributed by atoms with Crippen LogP contribution in [0.1, 0.15) is 5.69 Å². The zero-order valence-corrected chi connectivity index (χ0v) is 16.8. The molecule has 27 heavy (non-hydrogen) atoms. The van der Waals surface area contributed by atoms with Gasteiger partial charge in [-0.3, -0.25) is 9.71 Å². The average molecular weight is 449 g/mol. The van der Waals surface area contributed by atoms with Gasteiger partial charge in [-0.15, -0.1) is 0 Å². The predicted molar refractivity (Wildman–Crippen MR) is 107 cm³/mol. The van der Waals surface area contributed by atoms with Crippen LogP contribution in [0.4, 0.5) is 5.69 Å². The molecule has 0 radical (unpaired) electrons. The third-order valence-corrected chi connectivity index (χ3v) is 5.51. The molecule has 0 fully saturated rings. The lowest BCUT2D eigenvalue weighted by Crippen LogP contribution is -2.14. The predicted octanol–water partition coefficient (Wildman–Crippen LogP) is 4.23. The highest BCUT2D eigenvalue weighted by atomic mass is 79.9. The Hall–Kier alpha value is -2.58. The molecule has 140 valence electrons. The SMILES string of the molecule is COc1ccc(Br)cc1S(=O)(=O)Nc1cccc(OCc2ccccn2)c1. The van der Waals surface area contributed by atoms with Crippen molar-refractivity contribution in [1.82, 2.24) is 4.98 Å². The van der Waals surface area contributed by atoms with Gasteiger partial charge >= 0.3 is 0 Å². The number of ether oxygens (including phenoxy) is 2. The van der Waals surface area contributed by atoms with Gasteiger partial charge in [-0.1, -0.05) is 28.1 Å². The number of sulfonamides is 1. The Morgan fingerprint density at radius 2 is 1.93 bits per heavy atom. The number of nitrogens with zero attached hydrogens (tertiary/aromatic N) is 1. The standard InChI is InChI=1S/C19H17BrN2O4S/c1-25-18-9-8-14(20)11-19(18)27(23,24)22-15-6-4-7-17(12-15)26-13-16-5-2-3-10-21-16/h2-12,22H,13H2,1H3. The monoisotopic (exact) mass is 448 g/mol. The highest BCUT2D eigenvalue weighted by molar-refractivity contribution is 9.10. The van der Waals surface area contributed by atoms with Gasteiger partial charge in [0.2, 0.25) is 0 Å². The van der Waals surface area contributed by atoms with E-state index < -0.39 is 10.0 Å². The molecule has 0 bridgehead atoms. The van der Waals surface area contributed by atoms with Crippen LogP contribution >= 0.6 is 15.9 Å². The van der Waals surface area contributed by atoms with E-state index in [0.717, 1.165) is 5.69 Å². The first kappa shape index (κ1) is 19.2. The van der Waals surface area contributed by atoms with Gasteiger partial charge in [0.05, 0.1) is 18.5 Å². The largest absolute Gasteiger partial charge is 0.495 e. The van der Waals surface area contributed by atoms with Gasteiger partial charge < -0.3 is 9.47 Å². The molecule has 1 aromatic heterocycles. The number of aromatic nitrogens is 1. The van der Waals surface area contributed by atoms with Crippen LogP contribution in [0.2, 0.25) is 0 Å². The van der Waals surface area contributed by atoms with E-state index in [1.54, 1.807) is 42.6 Å². The minimum Gasteiger partial charge on any atom is -0.495 e. The second kappa shape index (κ2) is 8.41. The molecule has 0 saturated heterocycles. The first-order valence-corrected chi connectivity index (χ1v) is 10.2. The molecule has 0 aliphatic rings. The number of nitrogens with one attached hydrogen (secondary N) is 1. The summed E-state index contributed by atoms with van der Waals surface area (Å²) >= 11 is 3.28. The minimum atomic E-state index is -3.84. The Labute approximate surface area is 166 Å². The van der Waals surface area contributed by atoms with Crippen molar-refractivity contribution in [2.45, 2.75) is 11.5 Å². The molecule has 0 atom stereocenters. The Kier molecular flexibility index (Phi) is 5.98. The van der Waals surface area contributed by atoms with Crippen molar-refractivity contribution >= 4 is 31.6 Å². The summed E-state index contributed by atoms with van der Waals surface area (Å²) in [5.74, 6) is 0.787. The number of benzene rings is 2. The van der Waals surface area contributed by atoms with Gasteiger partial charge in [0, 0.05) is 16.7 Å². The van der Waals surface area contributed by atoms with Crippen LogP contribution in [0.3, 0.4) is 0 Å². The summed E-state index contributed by atoms with van der Waals surface area (Å²) in [5, 5.41) is 0. The second-order valence-corrected chi connectivity index (χ2v) is 8.10. The normalized spacial score (nSPS) is 11.0. The minimum absolute atomic E-state index is 0.0409. The lowest BCUT2D eigenvalue weighted by molar-refractivity contribution is 0.301.